The Kier molecular flexibility index (Phi) is 4.00. The van der Waals surface area contributed by atoms with Gasteiger partial charge in [-0.3, -0.25) is 0 Å². The van der Waals surface area contributed by atoms with Gasteiger partial charge in [-0.1, -0.05) is 6.07 Å². The van der Waals surface area contributed by atoms with Gasteiger partial charge in [0.1, 0.15) is 0 Å². The van der Waals surface area contributed by atoms with Crippen LogP contribution in [0.1, 0.15) is 44.1 Å². The van der Waals surface area contributed by atoms with E-state index < -0.39 is 0 Å². The first-order valence-corrected chi connectivity index (χ1v) is 9.19. The van der Waals surface area contributed by atoms with Gasteiger partial charge < -0.3 is 19.1 Å². The largest absolute Gasteiger partial charge is 0.493 e. The Morgan fingerprint density at radius 3 is 2.62 bits per heavy atom. The number of hydrogen-bond acceptors (Lipinski definition) is 4. The smallest absolute Gasteiger partial charge is 0.161 e. The summed E-state index contributed by atoms with van der Waals surface area (Å²) in [5.74, 6) is 1.65. The molecule has 0 N–H and O–H groups in total. The molecule has 0 bridgehead atoms. The highest BCUT2D eigenvalue weighted by atomic mass is 16.5. The summed E-state index contributed by atoms with van der Waals surface area (Å²) in [6, 6.07) is 7.08. The summed E-state index contributed by atoms with van der Waals surface area (Å²) in [5, 5.41) is 0. The first kappa shape index (κ1) is 16.2. The monoisotopic (exact) mass is 331 g/mol. The molecule has 4 heteroatoms. The molecule has 4 rings (SSSR count). The topological polar surface area (TPSA) is 30.9 Å². The molecule has 0 amide bonds. The van der Waals surface area contributed by atoms with E-state index in [1.165, 1.54) is 37.7 Å². The minimum Gasteiger partial charge on any atom is -0.493 e. The minimum atomic E-state index is 0.142. The number of ether oxygens (including phenoxy) is 3. The lowest BCUT2D eigenvalue weighted by Gasteiger charge is -2.48. The van der Waals surface area contributed by atoms with E-state index in [-0.39, 0.29) is 11.0 Å². The van der Waals surface area contributed by atoms with Crippen LogP contribution in [-0.2, 0) is 10.2 Å². The van der Waals surface area contributed by atoms with Crippen molar-refractivity contribution < 1.29 is 14.2 Å². The van der Waals surface area contributed by atoms with Gasteiger partial charge in [-0.05, 0) is 69.8 Å². The molecule has 2 saturated heterocycles. The van der Waals surface area contributed by atoms with E-state index in [2.05, 4.69) is 30.1 Å². The lowest BCUT2D eigenvalue weighted by Crippen LogP contribution is -2.52. The molecule has 0 unspecified atom stereocenters. The molecular weight excluding hydrogens is 302 g/mol. The molecule has 3 aliphatic rings. The van der Waals surface area contributed by atoms with Crippen LogP contribution in [0.4, 0.5) is 0 Å². The zero-order valence-corrected chi connectivity index (χ0v) is 15.1. The fraction of sp³-hybridized carbons (Fsp3) is 0.700. The van der Waals surface area contributed by atoms with Crippen molar-refractivity contribution in [2.45, 2.75) is 55.6 Å². The van der Waals surface area contributed by atoms with Crippen LogP contribution < -0.4 is 9.47 Å². The van der Waals surface area contributed by atoms with Crippen LogP contribution in [0.15, 0.2) is 18.2 Å². The minimum absolute atomic E-state index is 0.142. The highest BCUT2D eigenvalue weighted by Crippen LogP contribution is 2.54. The van der Waals surface area contributed by atoms with Crippen LogP contribution >= 0.6 is 0 Å². The predicted octanol–water partition coefficient (Wildman–Crippen LogP) is 3.38. The van der Waals surface area contributed by atoms with Gasteiger partial charge in [0.2, 0.25) is 0 Å². The van der Waals surface area contributed by atoms with Gasteiger partial charge >= 0.3 is 0 Å². The molecule has 1 aliphatic carbocycles. The van der Waals surface area contributed by atoms with E-state index in [0.29, 0.717) is 6.04 Å². The first-order valence-electron chi connectivity index (χ1n) is 9.19. The van der Waals surface area contributed by atoms with Crippen LogP contribution in [-0.4, -0.2) is 51.0 Å². The standard InChI is InChI=1S/C20H29NO3/c1-21-11-10-20(15-5-6-16(22-2)17(13-15)23-3)9-8-19(14-18(20)21)7-4-12-24-19/h5-6,13,18H,4,7-12,14H2,1-3H3/t18-,19-,20-/m0/s1. The number of fused-ring (bicyclic) bond motifs is 1. The molecule has 1 aromatic rings. The molecule has 24 heavy (non-hydrogen) atoms. The van der Waals surface area contributed by atoms with Crippen molar-refractivity contribution in [1.82, 2.24) is 4.90 Å². The van der Waals surface area contributed by atoms with Gasteiger partial charge in [-0.25, -0.2) is 0 Å². The number of hydrogen-bond donors (Lipinski definition) is 0. The van der Waals surface area contributed by atoms with Gasteiger partial charge in [0, 0.05) is 18.1 Å². The summed E-state index contributed by atoms with van der Waals surface area (Å²) in [7, 11) is 5.70. The first-order chi connectivity index (χ1) is 11.6. The molecular formula is C20H29NO3. The summed E-state index contributed by atoms with van der Waals surface area (Å²) < 4.78 is 17.2. The summed E-state index contributed by atoms with van der Waals surface area (Å²) in [6.45, 7) is 2.11. The van der Waals surface area contributed by atoms with Gasteiger partial charge in [0.25, 0.3) is 0 Å². The summed E-state index contributed by atoms with van der Waals surface area (Å²) >= 11 is 0. The van der Waals surface area contributed by atoms with E-state index in [9.17, 15) is 0 Å². The third kappa shape index (κ3) is 2.34. The number of methoxy groups -OCH3 is 2. The summed E-state index contributed by atoms with van der Waals surface area (Å²) in [5.41, 5.74) is 1.77. The molecule has 1 saturated carbocycles. The number of likely N-dealkylation sites (tertiary alicyclic amines) is 1. The van der Waals surface area contributed by atoms with E-state index >= 15 is 0 Å². The summed E-state index contributed by atoms with van der Waals surface area (Å²) in [4.78, 5) is 2.55. The Labute approximate surface area is 145 Å². The van der Waals surface area contributed by atoms with Crippen LogP contribution in [0.2, 0.25) is 0 Å². The normalized spacial score (nSPS) is 36.0. The third-order valence-corrected chi connectivity index (χ3v) is 6.82. The Hall–Kier alpha value is -1.26. The highest BCUT2D eigenvalue weighted by molar-refractivity contribution is 5.46. The number of nitrogens with zero attached hydrogens (tertiary/aromatic N) is 1. The maximum absolute atomic E-state index is 6.23. The number of benzene rings is 1. The second-order valence-electron chi connectivity index (χ2n) is 7.81. The molecule has 1 aromatic carbocycles. The van der Waals surface area contributed by atoms with Crippen molar-refractivity contribution in [2.75, 3.05) is 34.4 Å². The zero-order valence-electron chi connectivity index (χ0n) is 15.1. The van der Waals surface area contributed by atoms with Gasteiger partial charge in [-0.15, -0.1) is 0 Å². The van der Waals surface area contributed by atoms with Gasteiger partial charge in [0.05, 0.1) is 19.8 Å². The van der Waals surface area contributed by atoms with E-state index in [4.69, 9.17) is 14.2 Å². The average Bonchev–Trinajstić information content (AvgIpc) is 3.21. The quantitative estimate of drug-likeness (QED) is 0.850. The van der Waals surface area contributed by atoms with E-state index in [1.54, 1.807) is 14.2 Å². The predicted molar refractivity (Wildman–Crippen MR) is 94.0 cm³/mol. The van der Waals surface area contributed by atoms with Crippen LogP contribution in [0.3, 0.4) is 0 Å². The van der Waals surface area contributed by atoms with E-state index in [1.807, 2.05) is 0 Å². The van der Waals surface area contributed by atoms with Crippen molar-refractivity contribution in [3.8, 4) is 11.5 Å². The molecule has 1 spiro atoms. The van der Waals surface area contributed by atoms with Crippen molar-refractivity contribution in [1.29, 1.82) is 0 Å². The average molecular weight is 331 g/mol. The molecule has 132 valence electrons. The molecule has 4 nitrogen and oxygen atoms in total. The maximum atomic E-state index is 6.23. The molecule has 2 heterocycles. The molecule has 3 atom stereocenters. The molecule has 2 aliphatic heterocycles. The third-order valence-electron chi connectivity index (χ3n) is 6.82. The zero-order chi connectivity index (χ0) is 16.8. The fourth-order valence-electron chi connectivity index (χ4n) is 5.41. The Bertz CT molecular complexity index is 611. The summed E-state index contributed by atoms with van der Waals surface area (Å²) in [6.07, 6.45) is 7.24. The number of likely N-dealkylation sites (N-methyl/N-ethyl adjacent to an activating group) is 1. The van der Waals surface area contributed by atoms with Crippen molar-refractivity contribution in [3.05, 3.63) is 23.8 Å². The second kappa shape index (κ2) is 5.92. The van der Waals surface area contributed by atoms with Gasteiger partial charge in [-0.2, -0.15) is 0 Å². The van der Waals surface area contributed by atoms with Crippen molar-refractivity contribution in [2.24, 2.45) is 0 Å². The molecule has 0 aromatic heterocycles. The van der Waals surface area contributed by atoms with Gasteiger partial charge in [0.15, 0.2) is 11.5 Å². The Balaban J connectivity index is 1.70. The maximum Gasteiger partial charge on any atom is 0.161 e. The molecule has 3 fully saturated rings. The SMILES string of the molecule is COc1ccc([C@]23CCN(C)[C@H]2C[C@]2(CCCO2)CC3)cc1OC. The van der Waals surface area contributed by atoms with Crippen LogP contribution in [0.5, 0.6) is 11.5 Å². The highest BCUT2D eigenvalue weighted by Gasteiger charge is 2.55. The number of rotatable bonds is 3. The Morgan fingerprint density at radius 2 is 1.92 bits per heavy atom. The Morgan fingerprint density at radius 1 is 1.08 bits per heavy atom. The van der Waals surface area contributed by atoms with E-state index in [0.717, 1.165) is 31.1 Å². The van der Waals surface area contributed by atoms with Crippen molar-refractivity contribution >= 4 is 0 Å². The lowest BCUT2D eigenvalue weighted by atomic mass is 9.62. The molecule has 0 radical (unpaired) electrons. The second-order valence-corrected chi connectivity index (χ2v) is 7.81. The van der Waals surface area contributed by atoms with Crippen molar-refractivity contribution in [3.63, 3.8) is 0 Å². The lowest BCUT2D eigenvalue weighted by molar-refractivity contribution is -0.0581. The van der Waals surface area contributed by atoms with Crippen LogP contribution in [0.25, 0.3) is 0 Å². The fourth-order valence-corrected chi connectivity index (χ4v) is 5.41. The van der Waals surface area contributed by atoms with Crippen LogP contribution in [0, 0.1) is 0 Å².